The first-order chi connectivity index (χ1) is 11.7. The van der Waals surface area contributed by atoms with Crippen LogP contribution >= 0.6 is 0 Å². The maximum Gasteiger partial charge on any atom is 0.315 e. The second kappa shape index (κ2) is 9.39. The third kappa shape index (κ3) is 5.46. The van der Waals surface area contributed by atoms with Gasteiger partial charge in [-0.25, -0.2) is 4.79 Å². The van der Waals surface area contributed by atoms with Crippen molar-refractivity contribution in [3.05, 3.63) is 53.9 Å². The summed E-state index contributed by atoms with van der Waals surface area (Å²) in [5.41, 5.74) is 1.89. The quantitative estimate of drug-likeness (QED) is 0.780. The second-order valence-corrected chi connectivity index (χ2v) is 5.10. The minimum atomic E-state index is -0.210. The lowest BCUT2D eigenvalue weighted by Gasteiger charge is -2.11. The smallest absolute Gasteiger partial charge is 0.315 e. The van der Waals surface area contributed by atoms with Crippen LogP contribution in [-0.2, 0) is 13.0 Å². The van der Waals surface area contributed by atoms with Crippen molar-refractivity contribution in [1.29, 1.82) is 0 Å². The average molecular weight is 329 g/mol. The standard InChI is InChI=1S/C18H23N3O3/c1-3-24-16-8-7-14(12-17(16)23-2)9-11-20-18(22)21-13-15-6-4-5-10-19-15/h4-8,10,12H,3,9,11,13H2,1-2H3,(H2,20,21,22). The van der Waals surface area contributed by atoms with Gasteiger partial charge in [-0.1, -0.05) is 12.1 Å². The number of nitrogens with zero attached hydrogens (tertiary/aromatic N) is 1. The molecule has 2 aromatic rings. The summed E-state index contributed by atoms with van der Waals surface area (Å²) in [7, 11) is 1.62. The molecule has 0 aliphatic heterocycles. The van der Waals surface area contributed by atoms with Crippen LogP contribution in [-0.4, -0.2) is 31.3 Å². The Morgan fingerprint density at radius 3 is 2.75 bits per heavy atom. The number of hydrogen-bond donors (Lipinski definition) is 2. The number of carbonyl (C=O) groups is 1. The molecule has 1 aromatic carbocycles. The number of urea groups is 1. The van der Waals surface area contributed by atoms with E-state index in [4.69, 9.17) is 9.47 Å². The zero-order chi connectivity index (χ0) is 17.2. The lowest BCUT2D eigenvalue weighted by molar-refractivity contribution is 0.240. The lowest BCUT2D eigenvalue weighted by Crippen LogP contribution is -2.36. The van der Waals surface area contributed by atoms with Gasteiger partial charge in [0.2, 0.25) is 0 Å². The third-order valence-corrected chi connectivity index (χ3v) is 3.38. The number of methoxy groups -OCH3 is 1. The van der Waals surface area contributed by atoms with Crippen molar-refractivity contribution in [3.63, 3.8) is 0 Å². The molecule has 1 aromatic heterocycles. The molecule has 0 atom stereocenters. The van der Waals surface area contributed by atoms with Crippen molar-refractivity contribution in [3.8, 4) is 11.5 Å². The van der Waals surface area contributed by atoms with Gasteiger partial charge in [0, 0.05) is 12.7 Å². The predicted octanol–water partition coefficient (Wildman–Crippen LogP) is 2.53. The van der Waals surface area contributed by atoms with Gasteiger partial charge in [-0.2, -0.15) is 0 Å². The Hall–Kier alpha value is -2.76. The van der Waals surface area contributed by atoms with Crippen LogP contribution in [0.3, 0.4) is 0 Å². The molecule has 6 heteroatoms. The Morgan fingerprint density at radius 1 is 1.17 bits per heavy atom. The fourth-order valence-corrected chi connectivity index (χ4v) is 2.20. The minimum absolute atomic E-state index is 0.210. The monoisotopic (exact) mass is 329 g/mol. The molecule has 2 rings (SSSR count). The number of pyridine rings is 1. The summed E-state index contributed by atoms with van der Waals surface area (Å²) in [6.45, 7) is 3.46. The molecule has 0 saturated heterocycles. The van der Waals surface area contributed by atoms with Crippen LogP contribution in [0.25, 0.3) is 0 Å². The SMILES string of the molecule is CCOc1ccc(CCNC(=O)NCc2ccccn2)cc1OC. The highest BCUT2D eigenvalue weighted by Gasteiger charge is 2.06. The van der Waals surface area contributed by atoms with Gasteiger partial charge >= 0.3 is 6.03 Å². The molecule has 2 N–H and O–H groups in total. The van der Waals surface area contributed by atoms with Gasteiger partial charge < -0.3 is 20.1 Å². The number of hydrogen-bond acceptors (Lipinski definition) is 4. The number of rotatable bonds is 8. The number of amides is 2. The van der Waals surface area contributed by atoms with Gasteiger partial charge in [-0.05, 0) is 43.2 Å². The predicted molar refractivity (Wildman–Crippen MR) is 92.3 cm³/mol. The first kappa shape index (κ1) is 17.6. The summed E-state index contributed by atoms with van der Waals surface area (Å²) in [5.74, 6) is 1.43. The van der Waals surface area contributed by atoms with Crippen LogP contribution in [0.2, 0.25) is 0 Å². The normalized spacial score (nSPS) is 10.1. The average Bonchev–Trinajstić information content (AvgIpc) is 2.62. The zero-order valence-electron chi connectivity index (χ0n) is 14.0. The Balaban J connectivity index is 1.76. The van der Waals surface area contributed by atoms with E-state index in [1.54, 1.807) is 13.3 Å². The van der Waals surface area contributed by atoms with E-state index in [2.05, 4.69) is 15.6 Å². The molecule has 128 valence electrons. The summed E-state index contributed by atoms with van der Waals surface area (Å²) in [4.78, 5) is 15.9. The van der Waals surface area contributed by atoms with E-state index in [0.717, 1.165) is 17.0 Å². The highest BCUT2D eigenvalue weighted by molar-refractivity contribution is 5.73. The van der Waals surface area contributed by atoms with Gasteiger partial charge in [-0.3, -0.25) is 4.98 Å². The summed E-state index contributed by atoms with van der Waals surface area (Å²) in [6, 6.07) is 11.2. The van der Waals surface area contributed by atoms with Crippen molar-refractivity contribution in [2.24, 2.45) is 0 Å². The molecule has 0 fully saturated rings. The topological polar surface area (TPSA) is 72.5 Å². The zero-order valence-corrected chi connectivity index (χ0v) is 14.0. The first-order valence-electron chi connectivity index (χ1n) is 7.94. The molecule has 0 unspecified atom stereocenters. The van der Waals surface area contributed by atoms with Crippen molar-refractivity contribution in [1.82, 2.24) is 15.6 Å². The van der Waals surface area contributed by atoms with Crippen molar-refractivity contribution < 1.29 is 14.3 Å². The van der Waals surface area contributed by atoms with Crippen LogP contribution < -0.4 is 20.1 Å². The van der Waals surface area contributed by atoms with Gasteiger partial charge in [0.15, 0.2) is 11.5 Å². The summed E-state index contributed by atoms with van der Waals surface area (Å²) in [5, 5.41) is 5.61. The van der Waals surface area contributed by atoms with E-state index < -0.39 is 0 Å². The summed E-state index contributed by atoms with van der Waals surface area (Å²) in [6.07, 6.45) is 2.41. The molecule has 0 aliphatic carbocycles. The van der Waals surface area contributed by atoms with Crippen LogP contribution in [0.5, 0.6) is 11.5 Å². The number of carbonyl (C=O) groups excluding carboxylic acids is 1. The lowest BCUT2D eigenvalue weighted by atomic mass is 10.1. The van der Waals surface area contributed by atoms with Gasteiger partial charge in [0.05, 0.1) is 26.0 Å². The van der Waals surface area contributed by atoms with E-state index in [9.17, 15) is 4.79 Å². The Kier molecular flexibility index (Phi) is 6.89. The van der Waals surface area contributed by atoms with Gasteiger partial charge in [-0.15, -0.1) is 0 Å². The fourth-order valence-electron chi connectivity index (χ4n) is 2.20. The van der Waals surface area contributed by atoms with E-state index >= 15 is 0 Å². The molecule has 6 nitrogen and oxygen atoms in total. The minimum Gasteiger partial charge on any atom is -0.493 e. The van der Waals surface area contributed by atoms with Crippen molar-refractivity contribution >= 4 is 6.03 Å². The van der Waals surface area contributed by atoms with Gasteiger partial charge in [0.25, 0.3) is 0 Å². The number of aromatic nitrogens is 1. The molecule has 24 heavy (non-hydrogen) atoms. The second-order valence-electron chi connectivity index (χ2n) is 5.10. The molecule has 0 saturated carbocycles. The largest absolute Gasteiger partial charge is 0.493 e. The molecular weight excluding hydrogens is 306 g/mol. The third-order valence-electron chi connectivity index (χ3n) is 3.38. The number of benzene rings is 1. The van der Waals surface area contributed by atoms with Crippen LogP contribution in [0.15, 0.2) is 42.6 Å². The maximum absolute atomic E-state index is 11.8. The fraction of sp³-hybridized carbons (Fsp3) is 0.333. The number of ether oxygens (including phenoxy) is 2. The molecule has 0 spiro atoms. The van der Waals surface area contributed by atoms with Crippen LogP contribution in [0, 0.1) is 0 Å². The maximum atomic E-state index is 11.8. The number of nitrogens with one attached hydrogen (secondary N) is 2. The highest BCUT2D eigenvalue weighted by Crippen LogP contribution is 2.28. The van der Waals surface area contributed by atoms with Crippen molar-refractivity contribution in [2.75, 3.05) is 20.3 Å². The van der Waals surface area contributed by atoms with E-state index in [1.165, 1.54) is 0 Å². The van der Waals surface area contributed by atoms with Crippen molar-refractivity contribution in [2.45, 2.75) is 19.9 Å². The molecular formula is C18H23N3O3. The molecule has 0 bridgehead atoms. The van der Waals surface area contributed by atoms with E-state index in [0.29, 0.717) is 31.9 Å². The molecule has 1 heterocycles. The molecule has 0 aliphatic rings. The summed E-state index contributed by atoms with van der Waals surface area (Å²) < 4.78 is 10.8. The molecule has 2 amide bonds. The summed E-state index contributed by atoms with van der Waals surface area (Å²) >= 11 is 0. The molecule has 0 radical (unpaired) electrons. The Morgan fingerprint density at radius 2 is 2.04 bits per heavy atom. The Bertz CT molecular complexity index is 647. The van der Waals surface area contributed by atoms with Crippen LogP contribution in [0.4, 0.5) is 4.79 Å². The van der Waals surface area contributed by atoms with Gasteiger partial charge in [0.1, 0.15) is 0 Å². The van der Waals surface area contributed by atoms with E-state index in [1.807, 2.05) is 43.3 Å². The first-order valence-corrected chi connectivity index (χ1v) is 7.94. The van der Waals surface area contributed by atoms with E-state index in [-0.39, 0.29) is 6.03 Å². The van der Waals surface area contributed by atoms with Crippen LogP contribution in [0.1, 0.15) is 18.2 Å². The highest BCUT2D eigenvalue weighted by atomic mass is 16.5. The Labute approximate surface area is 142 Å².